The summed E-state index contributed by atoms with van der Waals surface area (Å²) >= 11 is 0. The number of amides is 1. The first-order valence-corrected chi connectivity index (χ1v) is 5.82. The van der Waals surface area contributed by atoms with E-state index in [1.807, 2.05) is 6.07 Å². The van der Waals surface area contributed by atoms with Crippen LogP contribution in [0, 0.1) is 0 Å². The highest BCUT2D eigenvalue weighted by molar-refractivity contribution is 6.01. The van der Waals surface area contributed by atoms with Gasteiger partial charge in [-0.2, -0.15) is 0 Å². The first kappa shape index (κ1) is 12.8. The topological polar surface area (TPSA) is 66.4 Å². The molecule has 2 aromatic rings. The highest BCUT2D eigenvalue weighted by atomic mass is 16.4. The fraction of sp³-hybridized carbons (Fsp3) is 0.0667. The van der Waals surface area contributed by atoms with Crippen molar-refractivity contribution in [3.05, 3.63) is 71.8 Å². The Morgan fingerprint density at radius 3 is 1.95 bits per heavy atom. The number of ketones is 1. The van der Waals surface area contributed by atoms with Crippen molar-refractivity contribution < 1.29 is 14.7 Å². The molecule has 0 saturated heterocycles. The third-order valence-electron chi connectivity index (χ3n) is 2.72. The van der Waals surface area contributed by atoms with Crippen LogP contribution in [0.25, 0.3) is 0 Å². The summed E-state index contributed by atoms with van der Waals surface area (Å²) in [6.07, 6.45) is -1.22. The fourth-order valence-corrected chi connectivity index (χ4v) is 1.84. The minimum Gasteiger partial charge on any atom is -0.465 e. The molecule has 96 valence electrons. The van der Waals surface area contributed by atoms with E-state index in [4.69, 9.17) is 5.11 Å². The van der Waals surface area contributed by atoms with Crippen LogP contribution in [0.15, 0.2) is 60.7 Å². The second-order valence-electron chi connectivity index (χ2n) is 4.02. The maximum atomic E-state index is 12.4. The summed E-state index contributed by atoms with van der Waals surface area (Å²) in [7, 11) is 0. The van der Waals surface area contributed by atoms with Crippen LogP contribution in [0.1, 0.15) is 22.0 Å². The summed E-state index contributed by atoms with van der Waals surface area (Å²) in [6.45, 7) is 0. The summed E-state index contributed by atoms with van der Waals surface area (Å²) in [5, 5.41) is 11.1. The molecule has 4 heteroatoms. The van der Waals surface area contributed by atoms with Crippen LogP contribution in [0.2, 0.25) is 0 Å². The van der Waals surface area contributed by atoms with E-state index >= 15 is 0 Å². The van der Waals surface area contributed by atoms with E-state index in [1.54, 1.807) is 54.6 Å². The van der Waals surface area contributed by atoms with Crippen molar-refractivity contribution in [3.63, 3.8) is 0 Å². The number of hydrogen-bond donors (Lipinski definition) is 2. The van der Waals surface area contributed by atoms with Gasteiger partial charge in [-0.15, -0.1) is 0 Å². The molecule has 1 amide bonds. The second-order valence-corrected chi connectivity index (χ2v) is 4.02. The van der Waals surface area contributed by atoms with Crippen molar-refractivity contribution in [1.82, 2.24) is 5.32 Å². The second kappa shape index (κ2) is 5.82. The molecule has 0 aromatic heterocycles. The lowest BCUT2D eigenvalue weighted by molar-refractivity contribution is 0.0936. The quantitative estimate of drug-likeness (QED) is 0.825. The maximum Gasteiger partial charge on any atom is 0.405 e. The van der Waals surface area contributed by atoms with E-state index in [0.717, 1.165) is 0 Å². The molecule has 2 aromatic carbocycles. The third-order valence-corrected chi connectivity index (χ3v) is 2.72. The Balaban J connectivity index is 2.33. The van der Waals surface area contributed by atoms with Gasteiger partial charge in [-0.3, -0.25) is 4.79 Å². The lowest BCUT2D eigenvalue weighted by Crippen LogP contribution is -2.32. The number of hydrogen-bond acceptors (Lipinski definition) is 2. The van der Waals surface area contributed by atoms with Crippen LogP contribution < -0.4 is 5.32 Å². The number of carbonyl (C=O) groups is 2. The zero-order valence-corrected chi connectivity index (χ0v) is 10.1. The van der Waals surface area contributed by atoms with Crippen LogP contribution >= 0.6 is 0 Å². The summed E-state index contributed by atoms with van der Waals surface area (Å²) < 4.78 is 0. The number of rotatable bonds is 4. The molecule has 0 spiro atoms. The van der Waals surface area contributed by atoms with Gasteiger partial charge in [-0.25, -0.2) is 4.79 Å². The normalized spacial score (nSPS) is 11.6. The molecule has 0 aliphatic carbocycles. The molecule has 0 saturated carbocycles. The van der Waals surface area contributed by atoms with Gasteiger partial charge in [0.2, 0.25) is 0 Å². The number of Topliss-reactive ketones (excluding diaryl/α,β-unsaturated/α-hetero) is 1. The number of benzene rings is 2. The Labute approximate surface area is 110 Å². The van der Waals surface area contributed by atoms with Crippen molar-refractivity contribution in [2.45, 2.75) is 6.04 Å². The average molecular weight is 255 g/mol. The molecule has 2 N–H and O–H groups in total. The van der Waals surface area contributed by atoms with Crippen LogP contribution in [-0.4, -0.2) is 17.0 Å². The van der Waals surface area contributed by atoms with Gasteiger partial charge in [-0.1, -0.05) is 60.7 Å². The standard InChI is InChI=1S/C15H13NO3/c17-14(12-9-5-2-6-10-12)13(16-15(18)19)11-7-3-1-4-8-11/h1-10,13,16H,(H,18,19). The number of carbonyl (C=O) groups excluding carboxylic acids is 1. The lowest BCUT2D eigenvalue weighted by Gasteiger charge is -2.16. The Morgan fingerprint density at radius 1 is 0.895 bits per heavy atom. The summed E-state index contributed by atoms with van der Waals surface area (Å²) in [5.74, 6) is -0.269. The van der Waals surface area contributed by atoms with E-state index < -0.39 is 12.1 Å². The van der Waals surface area contributed by atoms with E-state index in [0.29, 0.717) is 11.1 Å². The Hall–Kier alpha value is -2.62. The predicted octanol–water partition coefficient (Wildman–Crippen LogP) is 2.88. The molecule has 0 heterocycles. The van der Waals surface area contributed by atoms with Crippen molar-refractivity contribution in [2.75, 3.05) is 0 Å². The van der Waals surface area contributed by atoms with Gasteiger partial charge in [0.25, 0.3) is 0 Å². The van der Waals surface area contributed by atoms with Crippen LogP contribution in [-0.2, 0) is 0 Å². The van der Waals surface area contributed by atoms with E-state index in [9.17, 15) is 9.59 Å². The molecule has 0 fully saturated rings. The molecular weight excluding hydrogens is 242 g/mol. The van der Waals surface area contributed by atoms with Crippen molar-refractivity contribution in [3.8, 4) is 0 Å². The minimum absolute atomic E-state index is 0.269. The van der Waals surface area contributed by atoms with Crippen LogP contribution in [0.3, 0.4) is 0 Å². The van der Waals surface area contributed by atoms with Gasteiger partial charge in [0.15, 0.2) is 5.78 Å². The molecule has 19 heavy (non-hydrogen) atoms. The van der Waals surface area contributed by atoms with Crippen LogP contribution in [0.4, 0.5) is 4.79 Å². The Bertz CT molecular complexity index is 566. The first-order valence-electron chi connectivity index (χ1n) is 5.82. The summed E-state index contributed by atoms with van der Waals surface area (Å²) in [4.78, 5) is 23.2. The molecule has 0 bridgehead atoms. The highest BCUT2D eigenvalue weighted by Crippen LogP contribution is 2.18. The zero-order chi connectivity index (χ0) is 13.7. The highest BCUT2D eigenvalue weighted by Gasteiger charge is 2.23. The van der Waals surface area contributed by atoms with Gasteiger partial charge in [0.1, 0.15) is 6.04 Å². The van der Waals surface area contributed by atoms with E-state index in [2.05, 4.69) is 5.32 Å². The van der Waals surface area contributed by atoms with E-state index in [1.165, 1.54) is 0 Å². The fourth-order valence-electron chi connectivity index (χ4n) is 1.84. The molecule has 0 radical (unpaired) electrons. The summed E-state index contributed by atoms with van der Waals surface area (Å²) in [6, 6.07) is 16.5. The van der Waals surface area contributed by atoms with Gasteiger partial charge < -0.3 is 10.4 Å². The molecule has 4 nitrogen and oxygen atoms in total. The molecule has 0 aliphatic heterocycles. The molecule has 0 aliphatic rings. The third kappa shape index (κ3) is 3.19. The SMILES string of the molecule is O=C(O)NC(C(=O)c1ccccc1)c1ccccc1. The largest absolute Gasteiger partial charge is 0.465 e. The minimum atomic E-state index is -1.22. The average Bonchev–Trinajstić information content (AvgIpc) is 2.46. The lowest BCUT2D eigenvalue weighted by atomic mass is 9.97. The molecular formula is C15H13NO3. The Morgan fingerprint density at radius 2 is 1.42 bits per heavy atom. The molecule has 2 rings (SSSR count). The smallest absolute Gasteiger partial charge is 0.405 e. The van der Waals surface area contributed by atoms with Crippen molar-refractivity contribution in [2.24, 2.45) is 0 Å². The first-order chi connectivity index (χ1) is 9.18. The predicted molar refractivity (Wildman–Crippen MR) is 71.1 cm³/mol. The van der Waals surface area contributed by atoms with Crippen molar-refractivity contribution >= 4 is 11.9 Å². The zero-order valence-electron chi connectivity index (χ0n) is 10.1. The monoisotopic (exact) mass is 255 g/mol. The number of nitrogens with one attached hydrogen (secondary N) is 1. The van der Waals surface area contributed by atoms with E-state index in [-0.39, 0.29) is 5.78 Å². The van der Waals surface area contributed by atoms with Crippen molar-refractivity contribution in [1.29, 1.82) is 0 Å². The summed E-state index contributed by atoms with van der Waals surface area (Å²) in [5.41, 5.74) is 1.10. The van der Waals surface area contributed by atoms with Crippen LogP contribution in [0.5, 0.6) is 0 Å². The Kier molecular flexibility index (Phi) is 3.93. The van der Waals surface area contributed by atoms with Gasteiger partial charge >= 0.3 is 6.09 Å². The van der Waals surface area contributed by atoms with Gasteiger partial charge in [0, 0.05) is 5.56 Å². The van der Waals surface area contributed by atoms with Gasteiger partial charge in [0.05, 0.1) is 0 Å². The number of carboxylic acid groups (broad SMARTS) is 1. The maximum absolute atomic E-state index is 12.4. The molecule has 1 unspecified atom stereocenters. The molecule has 1 atom stereocenters. The van der Waals surface area contributed by atoms with Gasteiger partial charge in [-0.05, 0) is 5.56 Å².